The zero-order valence-electron chi connectivity index (χ0n) is 16.3. The Bertz CT molecular complexity index is 1100. The van der Waals surface area contributed by atoms with E-state index < -0.39 is 17.8 Å². The van der Waals surface area contributed by atoms with Gasteiger partial charge in [-0.15, -0.1) is 0 Å². The number of halogens is 4. The van der Waals surface area contributed by atoms with E-state index >= 15 is 0 Å². The first-order valence-corrected chi connectivity index (χ1v) is 10.1. The minimum Gasteiger partial charge on any atom is -0.368 e. The highest BCUT2D eigenvalue weighted by Gasteiger charge is 2.30. The zero-order chi connectivity index (χ0) is 22.0. The van der Waals surface area contributed by atoms with Crippen LogP contribution in [-0.2, 0) is 6.18 Å². The number of nitrogens with one attached hydrogen (secondary N) is 3. The summed E-state index contributed by atoms with van der Waals surface area (Å²) in [6, 6.07) is 9.15. The van der Waals surface area contributed by atoms with Gasteiger partial charge in [0.05, 0.1) is 11.1 Å². The summed E-state index contributed by atoms with van der Waals surface area (Å²) >= 11 is 6.09. The van der Waals surface area contributed by atoms with Gasteiger partial charge < -0.3 is 16.0 Å². The first-order valence-electron chi connectivity index (χ1n) is 9.73. The number of amides is 2. The van der Waals surface area contributed by atoms with E-state index in [0.717, 1.165) is 41.7 Å². The number of aromatic nitrogens is 2. The highest BCUT2D eigenvalue weighted by Crippen LogP contribution is 2.39. The minimum atomic E-state index is -4.41. The molecule has 0 unspecified atom stereocenters. The van der Waals surface area contributed by atoms with Crippen LogP contribution in [0, 0.1) is 0 Å². The lowest BCUT2D eigenvalue weighted by Gasteiger charge is -2.12. The summed E-state index contributed by atoms with van der Waals surface area (Å²) in [5, 5.41) is 9.80. The van der Waals surface area contributed by atoms with Gasteiger partial charge in [0.25, 0.3) is 0 Å². The molecule has 162 valence electrons. The van der Waals surface area contributed by atoms with E-state index in [1.165, 1.54) is 12.1 Å². The third-order valence-corrected chi connectivity index (χ3v) is 5.03. The fourth-order valence-corrected chi connectivity index (χ4v) is 3.22. The molecule has 0 radical (unpaired) electrons. The van der Waals surface area contributed by atoms with E-state index in [2.05, 4.69) is 25.9 Å². The van der Waals surface area contributed by atoms with Crippen LogP contribution in [0.1, 0.15) is 30.1 Å². The highest BCUT2D eigenvalue weighted by molar-refractivity contribution is 6.31. The molecule has 1 aliphatic carbocycles. The van der Waals surface area contributed by atoms with Gasteiger partial charge in [-0.05, 0) is 55.3 Å². The molecule has 0 saturated heterocycles. The number of anilines is 2. The van der Waals surface area contributed by atoms with Crippen LogP contribution < -0.4 is 16.0 Å². The molecular weight excluding hydrogens is 431 g/mol. The molecule has 31 heavy (non-hydrogen) atoms. The normalized spacial score (nSPS) is 13.8. The van der Waals surface area contributed by atoms with Crippen molar-refractivity contribution in [1.29, 1.82) is 0 Å². The van der Waals surface area contributed by atoms with Crippen LogP contribution in [0.3, 0.4) is 0 Å². The van der Waals surface area contributed by atoms with Crippen LogP contribution in [0.5, 0.6) is 0 Å². The van der Waals surface area contributed by atoms with Crippen molar-refractivity contribution in [2.24, 2.45) is 0 Å². The Morgan fingerprint density at radius 3 is 2.48 bits per heavy atom. The molecule has 6 nitrogen and oxygen atoms in total. The van der Waals surface area contributed by atoms with E-state index in [1.54, 1.807) is 12.1 Å². The number of fused-ring (bicyclic) bond motifs is 1. The average Bonchev–Trinajstić information content (AvgIpc) is 3.55. The lowest BCUT2D eigenvalue weighted by atomic mass is 10.2. The molecule has 0 bridgehead atoms. The van der Waals surface area contributed by atoms with Gasteiger partial charge in [0.2, 0.25) is 0 Å². The smallest absolute Gasteiger partial charge is 0.368 e. The summed E-state index contributed by atoms with van der Waals surface area (Å²) in [6.45, 7) is 0.684. The van der Waals surface area contributed by atoms with Crippen molar-refractivity contribution in [1.82, 2.24) is 15.3 Å². The summed E-state index contributed by atoms with van der Waals surface area (Å²) in [6.07, 6.45) is -2.28. The molecular formula is C21H19ClF3N5O. The number of urea groups is 1. The summed E-state index contributed by atoms with van der Waals surface area (Å²) in [5.74, 6) is 1.83. The standard InChI is InChI=1S/C21H19ClF3N5O/c22-14-5-8-16-17(11-14)29-18(12-1-2-12)30-19(16)26-9-10-27-20(31)28-15-6-3-13(4-7-15)21(23,24)25/h3-8,11-12H,1-2,9-10H2,(H,26,29,30)(H2,27,28,31). The summed E-state index contributed by atoms with van der Waals surface area (Å²) in [4.78, 5) is 21.2. The van der Waals surface area contributed by atoms with Gasteiger partial charge in [0.15, 0.2) is 0 Å². The second-order valence-electron chi connectivity index (χ2n) is 7.25. The molecule has 2 amide bonds. The summed E-state index contributed by atoms with van der Waals surface area (Å²) in [7, 11) is 0. The first kappa shape index (κ1) is 21.2. The topological polar surface area (TPSA) is 78.9 Å². The maximum atomic E-state index is 12.6. The van der Waals surface area contributed by atoms with Crippen molar-refractivity contribution < 1.29 is 18.0 Å². The quantitative estimate of drug-likeness (QED) is 0.439. The van der Waals surface area contributed by atoms with Crippen molar-refractivity contribution in [3.05, 3.63) is 58.9 Å². The molecule has 0 spiro atoms. The molecule has 1 aliphatic rings. The van der Waals surface area contributed by atoms with Crippen LogP contribution in [-0.4, -0.2) is 29.1 Å². The molecule has 1 heterocycles. The van der Waals surface area contributed by atoms with Gasteiger partial charge in [-0.3, -0.25) is 0 Å². The van der Waals surface area contributed by atoms with Gasteiger partial charge in [0.1, 0.15) is 11.6 Å². The van der Waals surface area contributed by atoms with E-state index in [4.69, 9.17) is 11.6 Å². The molecule has 1 aromatic heterocycles. The summed E-state index contributed by atoms with van der Waals surface area (Å²) in [5.41, 5.74) is 0.262. The number of carbonyl (C=O) groups is 1. The molecule has 1 saturated carbocycles. The number of hydrogen-bond acceptors (Lipinski definition) is 4. The Labute approximate surface area is 181 Å². The third-order valence-electron chi connectivity index (χ3n) is 4.79. The second kappa shape index (κ2) is 8.58. The average molecular weight is 450 g/mol. The second-order valence-corrected chi connectivity index (χ2v) is 7.69. The third kappa shape index (κ3) is 5.35. The number of rotatable bonds is 6. The lowest BCUT2D eigenvalue weighted by molar-refractivity contribution is -0.137. The summed E-state index contributed by atoms with van der Waals surface area (Å²) < 4.78 is 37.8. The number of alkyl halides is 3. The van der Waals surface area contributed by atoms with E-state index in [-0.39, 0.29) is 12.2 Å². The van der Waals surface area contributed by atoms with Crippen molar-refractivity contribution in [2.45, 2.75) is 24.9 Å². The van der Waals surface area contributed by atoms with Crippen molar-refractivity contribution >= 4 is 40.0 Å². The van der Waals surface area contributed by atoms with Crippen molar-refractivity contribution in [2.75, 3.05) is 23.7 Å². The Morgan fingerprint density at radius 1 is 1.06 bits per heavy atom. The monoisotopic (exact) mass is 449 g/mol. The maximum absolute atomic E-state index is 12.6. The van der Waals surface area contributed by atoms with Crippen molar-refractivity contribution in [3.8, 4) is 0 Å². The minimum absolute atomic E-state index is 0.270. The SMILES string of the molecule is O=C(NCCNc1nc(C2CC2)nc2cc(Cl)ccc12)Nc1ccc(C(F)(F)F)cc1. The highest BCUT2D eigenvalue weighted by atomic mass is 35.5. The lowest BCUT2D eigenvalue weighted by Crippen LogP contribution is -2.32. The van der Waals surface area contributed by atoms with Crippen LogP contribution in [0.2, 0.25) is 5.02 Å². The van der Waals surface area contributed by atoms with Crippen LogP contribution in [0.15, 0.2) is 42.5 Å². The Kier molecular flexibility index (Phi) is 5.86. The fraction of sp³-hybridized carbons (Fsp3) is 0.286. The molecule has 1 fully saturated rings. The first-order chi connectivity index (χ1) is 14.8. The Morgan fingerprint density at radius 2 is 1.81 bits per heavy atom. The van der Waals surface area contributed by atoms with E-state index in [1.807, 2.05) is 6.07 Å². The van der Waals surface area contributed by atoms with Gasteiger partial charge in [0, 0.05) is 35.1 Å². The predicted octanol–water partition coefficient (Wildman–Crippen LogP) is 5.41. The van der Waals surface area contributed by atoms with Gasteiger partial charge in [-0.2, -0.15) is 13.2 Å². The molecule has 0 atom stereocenters. The van der Waals surface area contributed by atoms with Crippen LogP contribution >= 0.6 is 11.6 Å². The Hall–Kier alpha value is -3.07. The Balaban J connectivity index is 1.32. The molecule has 4 rings (SSSR count). The van der Waals surface area contributed by atoms with E-state index in [0.29, 0.717) is 23.3 Å². The van der Waals surface area contributed by atoms with Crippen LogP contribution in [0.4, 0.5) is 29.5 Å². The van der Waals surface area contributed by atoms with Gasteiger partial charge in [-0.25, -0.2) is 14.8 Å². The molecule has 0 aliphatic heterocycles. The molecule has 3 aromatic rings. The number of nitrogens with zero attached hydrogens (tertiary/aromatic N) is 2. The van der Waals surface area contributed by atoms with E-state index in [9.17, 15) is 18.0 Å². The number of benzene rings is 2. The van der Waals surface area contributed by atoms with Crippen molar-refractivity contribution in [3.63, 3.8) is 0 Å². The fourth-order valence-electron chi connectivity index (χ4n) is 3.05. The number of carbonyl (C=O) groups excluding carboxylic acids is 1. The number of hydrogen-bond donors (Lipinski definition) is 3. The largest absolute Gasteiger partial charge is 0.416 e. The zero-order valence-corrected chi connectivity index (χ0v) is 17.0. The maximum Gasteiger partial charge on any atom is 0.416 e. The van der Waals surface area contributed by atoms with Gasteiger partial charge >= 0.3 is 12.2 Å². The van der Waals surface area contributed by atoms with Gasteiger partial charge in [-0.1, -0.05) is 11.6 Å². The van der Waals surface area contributed by atoms with Crippen LogP contribution in [0.25, 0.3) is 10.9 Å². The molecule has 3 N–H and O–H groups in total. The molecule has 2 aromatic carbocycles. The predicted molar refractivity (Wildman–Crippen MR) is 113 cm³/mol. The molecule has 10 heteroatoms.